The average molecular weight is 413 g/mol. The second-order valence-electron chi connectivity index (χ2n) is 6.18. The summed E-state index contributed by atoms with van der Waals surface area (Å²) in [5.74, 6) is -1.63. The quantitative estimate of drug-likeness (QED) is 0.564. The number of imide groups is 1. The molecular weight excluding hydrogens is 390 g/mol. The molecule has 0 saturated carbocycles. The predicted molar refractivity (Wildman–Crippen MR) is 107 cm³/mol. The van der Waals surface area contributed by atoms with E-state index in [2.05, 4.69) is 10.6 Å². The van der Waals surface area contributed by atoms with Gasteiger partial charge in [-0.25, -0.2) is 14.4 Å². The predicted octanol–water partition coefficient (Wildman–Crippen LogP) is 1.52. The molecule has 9 nitrogen and oxygen atoms in total. The number of amides is 4. The molecular formula is C21H23N3O6. The van der Waals surface area contributed by atoms with Gasteiger partial charge in [0.05, 0.1) is 0 Å². The summed E-state index contributed by atoms with van der Waals surface area (Å²) in [7, 11) is 1.34. The Hall–Kier alpha value is -3.88. The maximum absolute atomic E-state index is 12.4. The monoisotopic (exact) mass is 413 g/mol. The van der Waals surface area contributed by atoms with E-state index in [1.165, 1.54) is 7.05 Å². The number of benzene rings is 2. The van der Waals surface area contributed by atoms with Crippen molar-refractivity contribution in [3.05, 3.63) is 71.8 Å². The van der Waals surface area contributed by atoms with Crippen LogP contribution in [0, 0.1) is 0 Å². The van der Waals surface area contributed by atoms with E-state index in [4.69, 9.17) is 9.47 Å². The third kappa shape index (κ3) is 8.01. The first kappa shape index (κ1) is 22.4. The molecule has 0 saturated heterocycles. The van der Waals surface area contributed by atoms with Gasteiger partial charge in [0.25, 0.3) is 5.91 Å². The topological polar surface area (TPSA) is 123 Å². The molecule has 2 aromatic rings. The molecule has 158 valence electrons. The Kier molecular flexibility index (Phi) is 8.85. The van der Waals surface area contributed by atoms with Gasteiger partial charge >= 0.3 is 18.1 Å². The SMILES string of the molecule is CNC(=O)NC(=O)COC(=O)[C@@H](Cc1ccccc1)NC(=O)OCc1ccccc1. The zero-order chi connectivity index (χ0) is 21.8. The van der Waals surface area contributed by atoms with Gasteiger partial charge in [-0.1, -0.05) is 60.7 Å². The van der Waals surface area contributed by atoms with Crippen molar-refractivity contribution in [1.82, 2.24) is 16.0 Å². The van der Waals surface area contributed by atoms with Crippen LogP contribution in [0.15, 0.2) is 60.7 Å². The summed E-state index contributed by atoms with van der Waals surface area (Å²) in [5, 5.41) is 6.65. The van der Waals surface area contributed by atoms with Crippen molar-refractivity contribution in [3.8, 4) is 0 Å². The van der Waals surface area contributed by atoms with Gasteiger partial charge in [0.1, 0.15) is 12.6 Å². The lowest BCUT2D eigenvalue weighted by Gasteiger charge is -2.17. The zero-order valence-electron chi connectivity index (χ0n) is 16.4. The van der Waals surface area contributed by atoms with Crippen LogP contribution in [0.3, 0.4) is 0 Å². The average Bonchev–Trinajstić information content (AvgIpc) is 2.77. The zero-order valence-corrected chi connectivity index (χ0v) is 16.4. The molecule has 0 fully saturated rings. The van der Waals surface area contributed by atoms with Crippen molar-refractivity contribution < 1.29 is 28.7 Å². The van der Waals surface area contributed by atoms with E-state index in [-0.39, 0.29) is 13.0 Å². The molecule has 0 aliphatic carbocycles. The van der Waals surface area contributed by atoms with Crippen molar-refractivity contribution in [3.63, 3.8) is 0 Å². The van der Waals surface area contributed by atoms with Crippen LogP contribution in [-0.4, -0.2) is 43.7 Å². The molecule has 0 aliphatic heterocycles. The largest absolute Gasteiger partial charge is 0.454 e. The lowest BCUT2D eigenvalue weighted by Crippen LogP contribution is -2.45. The number of hydrogen-bond donors (Lipinski definition) is 3. The molecule has 0 bridgehead atoms. The van der Waals surface area contributed by atoms with Gasteiger partial charge in [0, 0.05) is 13.5 Å². The minimum Gasteiger partial charge on any atom is -0.454 e. The van der Waals surface area contributed by atoms with E-state index in [9.17, 15) is 19.2 Å². The lowest BCUT2D eigenvalue weighted by atomic mass is 10.1. The second-order valence-corrected chi connectivity index (χ2v) is 6.18. The molecule has 2 rings (SSSR count). The standard InChI is InChI=1S/C21H23N3O6/c1-22-20(27)24-18(25)14-29-19(26)17(12-15-8-4-2-5-9-15)23-21(28)30-13-16-10-6-3-7-11-16/h2-11,17H,12-14H2,1H3,(H,23,28)(H2,22,24,25,27)/t17-/m1/s1. The first-order chi connectivity index (χ1) is 14.5. The van der Waals surface area contributed by atoms with E-state index in [1.54, 1.807) is 36.4 Å². The Labute approximate surface area is 173 Å². The Morgan fingerprint density at radius 3 is 2.07 bits per heavy atom. The smallest absolute Gasteiger partial charge is 0.408 e. The highest BCUT2D eigenvalue weighted by molar-refractivity contribution is 5.95. The molecule has 30 heavy (non-hydrogen) atoms. The molecule has 1 atom stereocenters. The van der Waals surface area contributed by atoms with E-state index >= 15 is 0 Å². The molecule has 0 unspecified atom stereocenters. The van der Waals surface area contributed by atoms with Gasteiger partial charge in [-0.2, -0.15) is 0 Å². The molecule has 0 radical (unpaired) electrons. The highest BCUT2D eigenvalue weighted by atomic mass is 16.6. The highest BCUT2D eigenvalue weighted by Crippen LogP contribution is 2.06. The number of ether oxygens (including phenoxy) is 2. The van der Waals surface area contributed by atoms with Crippen molar-refractivity contribution >= 4 is 24.0 Å². The van der Waals surface area contributed by atoms with Gasteiger partial charge in [-0.3, -0.25) is 10.1 Å². The van der Waals surface area contributed by atoms with E-state index in [1.807, 2.05) is 29.6 Å². The first-order valence-corrected chi connectivity index (χ1v) is 9.17. The van der Waals surface area contributed by atoms with Crippen LogP contribution in [0.1, 0.15) is 11.1 Å². The Morgan fingerprint density at radius 1 is 0.867 bits per heavy atom. The van der Waals surface area contributed by atoms with Gasteiger partial charge in [-0.05, 0) is 11.1 Å². The Morgan fingerprint density at radius 2 is 1.47 bits per heavy atom. The summed E-state index contributed by atoms with van der Waals surface area (Å²) in [5.41, 5.74) is 1.57. The van der Waals surface area contributed by atoms with Crippen LogP contribution in [0.4, 0.5) is 9.59 Å². The number of esters is 1. The Bertz CT molecular complexity index is 858. The van der Waals surface area contributed by atoms with Gasteiger partial charge in [-0.15, -0.1) is 0 Å². The van der Waals surface area contributed by atoms with Crippen molar-refractivity contribution in [2.45, 2.75) is 19.1 Å². The minimum atomic E-state index is -1.08. The third-order valence-electron chi connectivity index (χ3n) is 3.90. The Balaban J connectivity index is 1.95. The second kappa shape index (κ2) is 11.8. The highest BCUT2D eigenvalue weighted by Gasteiger charge is 2.24. The fourth-order valence-electron chi connectivity index (χ4n) is 2.41. The third-order valence-corrected chi connectivity index (χ3v) is 3.90. The van der Waals surface area contributed by atoms with Gasteiger partial charge < -0.3 is 20.1 Å². The van der Waals surface area contributed by atoms with E-state index in [0.717, 1.165) is 11.1 Å². The summed E-state index contributed by atoms with van der Waals surface area (Å²) in [4.78, 5) is 47.4. The summed E-state index contributed by atoms with van der Waals surface area (Å²) in [6.45, 7) is -0.632. The van der Waals surface area contributed by atoms with Crippen molar-refractivity contribution in [2.75, 3.05) is 13.7 Å². The van der Waals surface area contributed by atoms with Crippen LogP contribution in [-0.2, 0) is 32.1 Å². The molecule has 0 heterocycles. The fourth-order valence-corrected chi connectivity index (χ4v) is 2.41. The normalized spacial score (nSPS) is 11.0. The van der Waals surface area contributed by atoms with Crippen LogP contribution >= 0.6 is 0 Å². The lowest BCUT2D eigenvalue weighted by molar-refractivity contribution is -0.150. The molecule has 9 heteroatoms. The minimum absolute atomic E-state index is 0.0360. The molecule has 0 spiro atoms. The number of rotatable bonds is 8. The number of urea groups is 1. The maximum atomic E-state index is 12.4. The molecule has 3 N–H and O–H groups in total. The molecule has 0 aliphatic rings. The molecule has 2 aromatic carbocycles. The maximum Gasteiger partial charge on any atom is 0.408 e. The van der Waals surface area contributed by atoms with Gasteiger partial charge in [0.15, 0.2) is 6.61 Å². The summed E-state index contributed by atoms with van der Waals surface area (Å²) >= 11 is 0. The molecule has 0 aromatic heterocycles. The molecule has 4 amide bonds. The first-order valence-electron chi connectivity index (χ1n) is 9.17. The van der Waals surface area contributed by atoms with Gasteiger partial charge in [0.2, 0.25) is 0 Å². The van der Waals surface area contributed by atoms with Crippen molar-refractivity contribution in [2.24, 2.45) is 0 Å². The summed E-state index contributed by atoms with van der Waals surface area (Å²) in [6.07, 6.45) is -0.663. The number of alkyl carbamates (subject to hydrolysis) is 1. The van der Waals surface area contributed by atoms with Crippen LogP contribution < -0.4 is 16.0 Å². The number of carbonyl (C=O) groups excluding carboxylic acids is 4. The number of nitrogens with one attached hydrogen (secondary N) is 3. The summed E-state index contributed by atoms with van der Waals surface area (Å²) < 4.78 is 10.1. The number of carbonyl (C=O) groups is 4. The van der Waals surface area contributed by atoms with Crippen LogP contribution in [0.25, 0.3) is 0 Å². The van der Waals surface area contributed by atoms with Crippen molar-refractivity contribution in [1.29, 1.82) is 0 Å². The number of hydrogen-bond acceptors (Lipinski definition) is 6. The van der Waals surface area contributed by atoms with E-state index in [0.29, 0.717) is 0 Å². The van der Waals surface area contributed by atoms with E-state index < -0.39 is 36.6 Å². The van der Waals surface area contributed by atoms with Crippen LogP contribution in [0.5, 0.6) is 0 Å². The fraction of sp³-hybridized carbons (Fsp3) is 0.238. The summed E-state index contributed by atoms with van der Waals surface area (Å²) in [6, 6.07) is 16.3. The van der Waals surface area contributed by atoms with Crippen LogP contribution in [0.2, 0.25) is 0 Å².